The molecule has 1 N–H and O–H groups in total. The highest BCUT2D eigenvalue weighted by molar-refractivity contribution is 5.96. The minimum atomic E-state index is -0.418. The molecule has 2 rings (SSSR count). The van der Waals surface area contributed by atoms with Crippen LogP contribution in [0.3, 0.4) is 0 Å². The zero-order chi connectivity index (χ0) is 14.7. The monoisotopic (exact) mass is 278 g/mol. The summed E-state index contributed by atoms with van der Waals surface area (Å²) >= 11 is 0. The molecule has 2 heterocycles. The maximum absolute atomic E-state index is 12.5. The zero-order valence-electron chi connectivity index (χ0n) is 12.2. The summed E-state index contributed by atoms with van der Waals surface area (Å²) in [6, 6.07) is 1.02. The Bertz CT molecular complexity index is 472. The molecule has 20 heavy (non-hydrogen) atoms. The molecule has 1 fully saturated rings. The predicted molar refractivity (Wildman–Crippen MR) is 74.8 cm³/mol. The van der Waals surface area contributed by atoms with Crippen molar-refractivity contribution in [2.24, 2.45) is 5.92 Å². The number of hydrogen-bond acceptors (Lipinski definition) is 3. The molecule has 1 aliphatic rings. The second-order valence-electron chi connectivity index (χ2n) is 5.35. The van der Waals surface area contributed by atoms with Crippen LogP contribution in [-0.2, 0) is 16.1 Å². The topological polar surface area (TPSA) is 67.2 Å². The number of aromatic nitrogens is 2. The van der Waals surface area contributed by atoms with Gasteiger partial charge in [-0.1, -0.05) is 20.3 Å². The van der Waals surface area contributed by atoms with Crippen LogP contribution in [-0.4, -0.2) is 45.1 Å². The maximum atomic E-state index is 12.5. The second-order valence-corrected chi connectivity index (χ2v) is 5.35. The van der Waals surface area contributed by atoms with E-state index in [2.05, 4.69) is 10.4 Å². The molecule has 110 valence electrons. The van der Waals surface area contributed by atoms with Crippen LogP contribution >= 0.6 is 0 Å². The Morgan fingerprint density at radius 2 is 2.15 bits per heavy atom. The van der Waals surface area contributed by atoms with Gasteiger partial charge in [-0.05, 0) is 18.9 Å². The lowest BCUT2D eigenvalue weighted by molar-refractivity contribution is -0.150. The molecule has 1 aromatic heterocycles. The van der Waals surface area contributed by atoms with Gasteiger partial charge >= 0.3 is 0 Å². The fourth-order valence-electron chi connectivity index (χ4n) is 2.41. The van der Waals surface area contributed by atoms with Gasteiger partial charge in [0.2, 0.25) is 11.8 Å². The van der Waals surface area contributed by atoms with Gasteiger partial charge < -0.3 is 10.2 Å². The van der Waals surface area contributed by atoms with Gasteiger partial charge in [0.15, 0.2) is 0 Å². The van der Waals surface area contributed by atoms with E-state index in [-0.39, 0.29) is 17.7 Å². The Morgan fingerprint density at radius 1 is 1.40 bits per heavy atom. The van der Waals surface area contributed by atoms with Crippen molar-refractivity contribution in [2.45, 2.75) is 45.8 Å². The second kappa shape index (κ2) is 6.07. The maximum Gasteiger partial charge on any atom is 0.246 e. The summed E-state index contributed by atoms with van der Waals surface area (Å²) in [5.74, 6) is 0.0834. The molecule has 1 aliphatic heterocycles. The molecule has 0 bridgehead atoms. The summed E-state index contributed by atoms with van der Waals surface area (Å²) in [4.78, 5) is 26.2. The number of carbonyl (C=O) groups is 2. The first-order valence-corrected chi connectivity index (χ1v) is 7.12. The highest BCUT2D eigenvalue weighted by atomic mass is 16.2. The number of piperazine rings is 1. The van der Waals surface area contributed by atoms with E-state index in [0.29, 0.717) is 13.1 Å². The van der Waals surface area contributed by atoms with Crippen molar-refractivity contribution < 1.29 is 9.59 Å². The van der Waals surface area contributed by atoms with E-state index in [9.17, 15) is 9.59 Å². The van der Waals surface area contributed by atoms with E-state index in [0.717, 1.165) is 6.42 Å². The van der Waals surface area contributed by atoms with Crippen LogP contribution in [0.2, 0.25) is 0 Å². The number of hydrogen-bond donors (Lipinski definition) is 1. The van der Waals surface area contributed by atoms with Crippen LogP contribution in [0.5, 0.6) is 0 Å². The first-order valence-electron chi connectivity index (χ1n) is 7.12. The quantitative estimate of drug-likeness (QED) is 0.859. The first-order chi connectivity index (χ1) is 9.54. The average molecular weight is 278 g/mol. The average Bonchev–Trinajstić information content (AvgIpc) is 2.95. The molecule has 0 aliphatic carbocycles. The van der Waals surface area contributed by atoms with Crippen LogP contribution in [0.1, 0.15) is 27.2 Å². The van der Waals surface area contributed by atoms with Crippen molar-refractivity contribution in [3.63, 3.8) is 0 Å². The van der Waals surface area contributed by atoms with Gasteiger partial charge in [0, 0.05) is 18.9 Å². The molecular weight excluding hydrogens is 256 g/mol. The van der Waals surface area contributed by atoms with Gasteiger partial charge in [-0.3, -0.25) is 14.3 Å². The number of rotatable bonds is 5. The smallest absolute Gasteiger partial charge is 0.246 e. The van der Waals surface area contributed by atoms with Crippen molar-refractivity contribution in [3.8, 4) is 0 Å². The van der Waals surface area contributed by atoms with Gasteiger partial charge in [0.1, 0.15) is 12.1 Å². The number of nitrogens with one attached hydrogen (secondary N) is 1. The molecule has 3 unspecified atom stereocenters. The lowest BCUT2D eigenvalue weighted by Gasteiger charge is -2.39. The van der Waals surface area contributed by atoms with Gasteiger partial charge in [-0.25, -0.2) is 0 Å². The molecule has 0 radical (unpaired) electrons. The van der Waals surface area contributed by atoms with Gasteiger partial charge in [-0.15, -0.1) is 0 Å². The van der Waals surface area contributed by atoms with Crippen LogP contribution in [0, 0.1) is 5.92 Å². The predicted octanol–water partition coefficient (Wildman–Crippen LogP) is 0.645. The molecule has 3 atom stereocenters. The van der Waals surface area contributed by atoms with Crippen LogP contribution in [0.4, 0.5) is 0 Å². The summed E-state index contributed by atoms with van der Waals surface area (Å²) in [5, 5.41) is 6.96. The van der Waals surface area contributed by atoms with Crippen LogP contribution < -0.4 is 5.32 Å². The summed E-state index contributed by atoms with van der Waals surface area (Å²) in [5.41, 5.74) is 0. The Kier molecular flexibility index (Phi) is 4.42. The number of amides is 2. The van der Waals surface area contributed by atoms with E-state index in [1.165, 1.54) is 0 Å². The van der Waals surface area contributed by atoms with E-state index in [1.807, 2.05) is 26.1 Å². The Balaban J connectivity index is 2.07. The van der Waals surface area contributed by atoms with E-state index in [1.54, 1.807) is 22.7 Å². The van der Waals surface area contributed by atoms with Crippen molar-refractivity contribution in [2.75, 3.05) is 6.54 Å². The highest BCUT2D eigenvalue weighted by Gasteiger charge is 2.39. The molecular formula is C14H22N4O2. The summed E-state index contributed by atoms with van der Waals surface area (Å²) < 4.78 is 1.77. The Labute approximate surface area is 119 Å². The standard InChI is InChI=1S/C14H22N4O2/c1-4-10(2)12-14(20)18(11(3)13(19)16-12)9-8-17-7-5-6-15-17/h5-7,10-12H,4,8-9H2,1-3H3,(H,16,19). The normalized spacial score (nSPS) is 24.6. The first kappa shape index (κ1) is 14.6. The van der Waals surface area contributed by atoms with Crippen molar-refractivity contribution >= 4 is 11.8 Å². The fourth-order valence-corrected chi connectivity index (χ4v) is 2.41. The molecule has 0 saturated carbocycles. The largest absolute Gasteiger partial charge is 0.342 e. The Morgan fingerprint density at radius 3 is 2.75 bits per heavy atom. The lowest BCUT2D eigenvalue weighted by Crippen LogP contribution is -2.64. The van der Waals surface area contributed by atoms with Crippen molar-refractivity contribution in [1.29, 1.82) is 0 Å². The number of carbonyl (C=O) groups excluding carboxylic acids is 2. The third-order valence-corrected chi connectivity index (χ3v) is 4.04. The molecule has 1 aromatic rings. The highest BCUT2D eigenvalue weighted by Crippen LogP contribution is 2.17. The van der Waals surface area contributed by atoms with Gasteiger partial charge in [0.05, 0.1) is 6.54 Å². The van der Waals surface area contributed by atoms with Crippen molar-refractivity contribution in [1.82, 2.24) is 20.0 Å². The molecule has 0 spiro atoms. The molecule has 0 aromatic carbocycles. The molecule has 1 saturated heterocycles. The van der Waals surface area contributed by atoms with Gasteiger partial charge in [-0.2, -0.15) is 5.10 Å². The SMILES string of the molecule is CCC(C)C1NC(=O)C(C)N(CCn2cccn2)C1=O. The van der Waals surface area contributed by atoms with E-state index in [4.69, 9.17) is 0 Å². The third kappa shape index (κ3) is 2.84. The molecule has 6 nitrogen and oxygen atoms in total. The molecule has 2 amide bonds. The number of nitrogens with zero attached hydrogens (tertiary/aromatic N) is 3. The van der Waals surface area contributed by atoms with Crippen molar-refractivity contribution in [3.05, 3.63) is 18.5 Å². The summed E-state index contributed by atoms with van der Waals surface area (Å²) in [7, 11) is 0. The summed E-state index contributed by atoms with van der Waals surface area (Å²) in [6.07, 6.45) is 4.42. The lowest BCUT2D eigenvalue weighted by atomic mass is 9.94. The van der Waals surface area contributed by atoms with Gasteiger partial charge in [0.25, 0.3) is 0 Å². The van der Waals surface area contributed by atoms with Crippen LogP contribution in [0.15, 0.2) is 18.5 Å². The van der Waals surface area contributed by atoms with E-state index < -0.39 is 12.1 Å². The molecule has 6 heteroatoms. The minimum absolute atomic E-state index is 0.0126. The minimum Gasteiger partial charge on any atom is -0.342 e. The Hall–Kier alpha value is -1.85. The van der Waals surface area contributed by atoms with E-state index >= 15 is 0 Å². The zero-order valence-corrected chi connectivity index (χ0v) is 12.2. The van der Waals surface area contributed by atoms with Crippen LogP contribution in [0.25, 0.3) is 0 Å². The summed E-state index contributed by atoms with van der Waals surface area (Å²) in [6.45, 7) is 6.88. The fraction of sp³-hybridized carbons (Fsp3) is 0.643. The third-order valence-electron chi connectivity index (χ3n) is 4.04.